The summed E-state index contributed by atoms with van der Waals surface area (Å²) in [5.41, 5.74) is 0.572. The van der Waals surface area contributed by atoms with E-state index in [0.717, 1.165) is 11.4 Å². The zero-order valence-electron chi connectivity index (χ0n) is 10.7. The molecule has 5 heteroatoms. The number of aryl methyl sites for hydroxylation is 1. The van der Waals surface area contributed by atoms with Crippen molar-refractivity contribution in [1.82, 2.24) is 20.1 Å². The molecule has 0 saturated heterocycles. The largest absolute Gasteiger partial charge is 0.394 e. The van der Waals surface area contributed by atoms with E-state index in [1.54, 1.807) is 6.33 Å². The van der Waals surface area contributed by atoms with Gasteiger partial charge in [0.25, 0.3) is 0 Å². The minimum atomic E-state index is -0.479. The Bertz CT molecular complexity index is 497. The predicted octanol–water partition coefficient (Wildman–Crippen LogP) is 0.812. The Labute approximate surface area is 106 Å². The van der Waals surface area contributed by atoms with Crippen molar-refractivity contribution in [1.29, 1.82) is 0 Å². The maximum atomic E-state index is 9.63. The summed E-state index contributed by atoms with van der Waals surface area (Å²) >= 11 is 0. The van der Waals surface area contributed by atoms with Crippen molar-refractivity contribution >= 4 is 0 Å². The number of aliphatic hydroxyl groups excluding tert-OH is 1. The summed E-state index contributed by atoms with van der Waals surface area (Å²) in [5, 5.41) is 20.8. The molecule has 0 amide bonds. The van der Waals surface area contributed by atoms with Gasteiger partial charge in [0.05, 0.1) is 18.7 Å². The van der Waals surface area contributed by atoms with Gasteiger partial charge >= 0.3 is 0 Å². The zero-order valence-corrected chi connectivity index (χ0v) is 10.7. The number of aromatic nitrogens is 3. The molecule has 2 aromatic rings. The van der Waals surface area contributed by atoms with Gasteiger partial charge in [-0.1, -0.05) is 30.3 Å². The third-order valence-electron chi connectivity index (χ3n) is 3.17. The first-order chi connectivity index (χ1) is 8.65. The molecular weight excluding hydrogens is 228 g/mol. The predicted molar refractivity (Wildman–Crippen MR) is 68.7 cm³/mol. The molecule has 1 aromatic carbocycles. The molecule has 1 aromatic heterocycles. The van der Waals surface area contributed by atoms with Crippen LogP contribution in [-0.4, -0.2) is 26.5 Å². The lowest BCUT2D eigenvalue weighted by molar-refractivity contribution is 0.172. The molecular formula is C13H18N4O. The van der Waals surface area contributed by atoms with Crippen molar-refractivity contribution in [2.45, 2.75) is 19.0 Å². The fourth-order valence-electron chi connectivity index (χ4n) is 1.80. The molecule has 2 N–H and O–H groups in total. The molecule has 1 heterocycles. The molecule has 0 saturated carbocycles. The van der Waals surface area contributed by atoms with Gasteiger partial charge in [0.1, 0.15) is 12.2 Å². The Morgan fingerprint density at radius 1 is 1.33 bits per heavy atom. The number of aliphatic hydroxyl groups is 1. The summed E-state index contributed by atoms with van der Waals surface area (Å²) in [6, 6.07) is 9.89. The number of hydrogen-bond acceptors (Lipinski definition) is 4. The van der Waals surface area contributed by atoms with E-state index in [4.69, 9.17) is 0 Å². The smallest absolute Gasteiger partial charge is 0.146 e. The third kappa shape index (κ3) is 2.57. The number of hydrogen-bond donors (Lipinski definition) is 2. The average Bonchev–Trinajstić information content (AvgIpc) is 2.83. The van der Waals surface area contributed by atoms with Crippen LogP contribution in [0, 0.1) is 0 Å². The maximum absolute atomic E-state index is 9.63. The van der Waals surface area contributed by atoms with Crippen LogP contribution in [-0.2, 0) is 19.1 Å². The highest BCUT2D eigenvalue weighted by Gasteiger charge is 2.25. The van der Waals surface area contributed by atoms with E-state index in [9.17, 15) is 5.11 Å². The molecule has 96 valence electrons. The molecule has 1 atom stereocenters. The van der Waals surface area contributed by atoms with Crippen LogP contribution in [0.25, 0.3) is 0 Å². The number of nitrogens with zero attached hydrogens (tertiary/aromatic N) is 3. The van der Waals surface area contributed by atoms with Crippen LogP contribution < -0.4 is 5.32 Å². The lowest BCUT2D eigenvalue weighted by Crippen LogP contribution is -2.42. The van der Waals surface area contributed by atoms with Gasteiger partial charge in [-0.25, -0.2) is 0 Å². The lowest BCUT2D eigenvalue weighted by Gasteiger charge is -2.29. The summed E-state index contributed by atoms with van der Waals surface area (Å²) in [7, 11) is 1.90. The monoisotopic (exact) mass is 246 g/mol. The van der Waals surface area contributed by atoms with Gasteiger partial charge in [0, 0.05) is 7.05 Å². The Kier molecular flexibility index (Phi) is 3.74. The van der Waals surface area contributed by atoms with E-state index in [1.165, 1.54) is 0 Å². The first-order valence-corrected chi connectivity index (χ1v) is 5.90. The molecule has 0 aliphatic rings. The zero-order chi connectivity index (χ0) is 13.0. The normalized spacial score (nSPS) is 14.4. The van der Waals surface area contributed by atoms with Crippen molar-refractivity contribution in [3.8, 4) is 0 Å². The molecule has 18 heavy (non-hydrogen) atoms. The van der Waals surface area contributed by atoms with E-state index in [2.05, 4.69) is 15.5 Å². The van der Waals surface area contributed by atoms with Crippen molar-refractivity contribution in [2.24, 2.45) is 7.05 Å². The van der Waals surface area contributed by atoms with Gasteiger partial charge in [0.15, 0.2) is 0 Å². The molecule has 0 spiro atoms. The molecule has 5 nitrogen and oxygen atoms in total. The van der Waals surface area contributed by atoms with Crippen molar-refractivity contribution < 1.29 is 5.11 Å². The first-order valence-electron chi connectivity index (χ1n) is 5.90. The molecule has 0 radical (unpaired) electrons. The molecule has 0 aliphatic heterocycles. The first kappa shape index (κ1) is 12.7. The Balaban J connectivity index is 2.12. The Morgan fingerprint density at radius 3 is 2.61 bits per heavy atom. The average molecular weight is 246 g/mol. The molecule has 2 rings (SSSR count). The van der Waals surface area contributed by atoms with E-state index < -0.39 is 5.54 Å². The molecule has 0 bridgehead atoms. The van der Waals surface area contributed by atoms with Gasteiger partial charge in [-0.05, 0) is 12.5 Å². The second kappa shape index (κ2) is 5.29. The van der Waals surface area contributed by atoms with E-state index in [1.807, 2.05) is 48.9 Å². The van der Waals surface area contributed by atoms with Crippen LogP contribution in [0.4, 0.5) is 0 Å². The fraction of sp³-hybridized carbons (Fsp3) is 0.385. The summed E-state index contributed by atoms with van der Waals surface area (Å²) in [6.45, 7) is 2.55. The Hall–Kier alpha value is -1.72. The van der Waals surface area contributed by atoms with Gasteiger partial charge < -0.3 is 9.67 Å². The van der Waals surface area contributed by atoms with Gasteiger partial charge in [-0.3, -0.25) is 5.32 Å². The number of nitrogens with one attached hydrogen (secondary N) is 1. The van der Waals surface area contributed by atoms with Gasteiger partial charge in [-0.15, -0.1) is 10.2 Å². The van der Waals surface area contributed by atoms with Gasteiger partial charge in [-0.2, -0.15) is 0 Å². The van der Waals surface area contributed by atoms with Crippen molar-refractivity contribution in [3.05, 3.63) is 48.0 Å². The number of rotatable bonds is 5. The summed E-state index contributed by atoms with van der Waals surface area (Å²) < 4.78 is 1.86. The summed E-state index contributed by atoms with van der Waals surface area (Å²) in [6.07, 6.45) is 1.66. The van der Waals surface area contributed by atoms with Crippen LogP contribution in [0.3, 0.4) is 0 Å². The van der Waals surface area contributed by atoms with Crippen LogP contribution >= 0.6 is 0 Å². The molecule has 0 aliphatic carbocycles. The van der Waals surface area contributed by atoms with Crippen LogP contribution in [0.1, 0.15) is 18.3 Å². The maximum Gasteiger partial charge on any atom is 0.146 e. The topological polar surface area (TPSA) is 63.0 Å². The summed E-state index contributed by atoms with van der Waals surface area (Å²) in [4.78, 5) is 0. The molecule has 0 fully saturated rings. The van der Waals surface area contributed by atoms with E-state index in [-0.39, 0.29) is 6.61 Å². The Morgan fingerprint density at radius 2 is 2.06 bits per heavy atom. The van der Waals surface area contributed by atoms with E-state index >= 15 is 0 Å². The van der Waals surface area contributed by atoms with Crippen LogP contribution in [0.2, 0.25) is 0 Å². The van der Waals surface area contributed by atoms with Crippen LogP contribution in [0.5, 0.6) is 0 Å². The number of benzene rings is 1. The second-order valence-corrected chi connectivity index (χ2v) is 4.57. The third-order valence-corrected chi connectivity index (χ3v) is 3.17. The van der Waals surface area contributed by atoms with Crippen molar-refractivity contribution in [3.63, 3.8) is 0 Å². The second-order valence-electron chi connectivity index (χ2n) is 4.57. The highest BCUT2D eigenvalue weighted by molar-refractivity contribution is 5.23. The van der Waals surface area contributed by atoms with Crippen molar-refractivity contribution in [2.75, 3.05) is 6.61 Å². The molecule has 1 unspecified atom stereocenters. The fourth-order valence-corrected chi connectivity index (χ4v) is 1.80. The highest BCUT2D eigenvalue weighted by atomic mass is 16.3. The minimum Gasteiger partial charge on any atom is -0.394 e. The van der Waals surface area contributed by atoms with E-state index in [0.29, 0.717) is 6.54 Å². The minimum absolute atomic E-state index is 0.0227. The van der Waals surface area contributed by atoms with Gasteiger partial charge in [0.2, 0.25) is 0 Å². The lowest BCUT2D eigenvalue weighted by atomic mass is 9.93. The quantitative estimate of drug-likeness (QED) is 0.819. The summed E-state index contributed by atoms with van der Waals surface area (Å²) in [5.74, 6) is 0.839. The standard InChI is InChI=1S/C13H18N4O/c1-13(9-18,11-6-4-3-5-7-11)14-8-12-16-15-10-17(12)2/h3-7,10,14,18H,8-9H2,1-2H3. The highest BCUT2D eigenvalue weighted by Crippen LogP contribution is 2.20. The van der Waals surface area contributed by atoms with Crippen LogP contribution in [0.15, 0.2) is 36.7 Å². The SMILES string of the molecule is Cn1cnnc1CNC(C)(CO)c1ccccc1.